The van der Waals surface area contributed by atoms with Crippen molar-refractivity contribution in [3.05, 3.63) is 28.3 Å². The maximum absolute atomic E-state index is 6.72. The molecular weight excluding hydrogens is 283 g/mol. The highest BCUT2D eigenvalue weighted by Gasteiger charge is 2.36. The summed E-state index contributed by atoms with van der Waals surface area (Å²) in [6, 6.07) is 3.94. The third-order valence-electron chi connectivity index (χ3n) is 4.11. The quantitative estimate of drug-likeness (QED) is 0.772. The van der Waals surface area contributed by atoms with Crippen molar-refractivity contribution in [2.24, 2.45) is 5.92 Å². The molecule has 0 aromatic heterocycles. The highest BCUT2D eigenvalue weighted by Crippen LogP contribution is 2.45. The van der Waals surface area contributed by atoms with Crippen LogP contribution in [-0.4, -0.2) is 19.3 Å². The number of benzene rings is 1. The van der Waals surface area contributed by atoms with E-state index < -0.39 is 0 Å². The molecule has 2 heterocycles. The summed E-state index contributed by atoms with van der Waals surface area (Å²) < 4.78 is 11.5. The summed E-state index contributed by atoms with van der Waals surface area (Å²) >= 11 is 12.9. The fourth-order valence-electron chi connectivity index (χ4n) is 3.15. The molecule has 1 saturated heterocycles. The topological polar surface area (TPSA) is 18.5 Å². The smallest absolute Gasteiger partial charge is 0.127 e. The lowest BCUT2D eigenvalue weighted by atomic mass is 9.90. The first-order chi connectivity index (χ1) is 9.20. The number of halogens is 2. The molecule has 0 bridgehead atoms. The first-order valence-electron chi connectivity index (χ1n) is 6.91. The van der Waals surface area contributed by atoms with Crippen LogP contribution in [0.1, 0.15) is 36.3 Å². The molecule has 0 amide bonds. The Bertz CT molecular complexity index is 475. The Labute approximate surface area is 124 Å². The number of alkyl halides is 1. The first-order valence-corrected chi connectivity index (χ1v) is 7.73. The molecular formula is C15H18Cl2O2. The largest absolute Gasteiger partial charge is 0.493 e. The van der Waals surface area contributed by atoms with Crippen molar-refractivity contribution >= 4 is 23.2 Å². The van der Waals surface area contributed by atoms with Crippen LogP contribution in [0.2, 0.25) is 5.02 Å². The SMILES string of the molecule is CCC1OCCC1C(Cl)c1cc(Cl)cc2c1OCC2. The van der Waals surface area contributed by atoms with E-state index in [4.69, 9.17) is 32.7 Å². The standard InChI is InChI=1S/C15H18Cl2O2/c1-2-13-11(4-6-18-13)14(17)12-8-10(16)7-9-3-5-19-15(9)12/h7-8,11,13-14H,2-6H2,1H3. The van der Waals surface area contributed by atoms with Gasteiger partial charge in [-0.25, -0.2) is 0 Å². The van der Waals surface area contributed by atoms with Gasteiger partial charge in [0.05, 0.1) is 18.1 Å². The van der Waals surface area contributed by atoms with E-state index in [0.29, 0.717) is 5.92 Å². The van der Waals surface area contributed by atoms with Gasteiger partial charge in [-0.1, -0.05) is 18.5 Å². The molecule has 0 saturated carbocycles. The molecule has 4 heteroatoms. The van der Waals surface area contributed by atoms with Gasteiger partial charge in [-0.2, -0.15) is 0 Å². The summed E-state index contributed by atoms with van der Waals surface area (Å²) in [7, 11) is 0. The molecule has 0 N–H and O–H groups in total. The highest BCUT2D eigenvalue weighted by molar-refractivity contribution is 6.31. The molecule has 0 aliphatic carbocycles. The summed E-state index contributed by atoms with van der Waals surface area (Å²) in [5.41, 5.74) is 2.22. The van der Waals surface area contributed by atoms with E-state index >= 15 is 0 Å². The summed E-state index contributed by atoms with van der Waals surface area (Å²) in [6.45, 7) is 3.67. The molecule has 0 radical (unpaired) electrons. The molecule has 2 aliphatic rings. The second-order valence-electron chi connectivity index (χ2n) is 5.25. The maximum Gasteiger partial charge on any atom is 0.127 e. The van der Waals surface area contributed by atoms with Crippen molar-refractivity contribution in [2.45, 2.75) is 37.7 Å². The monoisotopic (exact) mass is 300 g/mol. The molecule has 1 aromatic carbocycles. The molecule has 3 rings (SSSR count). The second-order valence-corrected chi connectivity index (χ2v) is 6.16. The van der Waals surface area contributed by atoms with Gasteiger partial charge >= 0.3 is 0 Å². The van der Waals surface area contributed by atoms with Gasteiger partial charge in [-0.05, 0) is 30.5 Å². The molecule has 3 atom stereocenters. The van der Waals surface area contributed by atoms with Crippen LogP contribution in [0.25, 0.3) is 0 Å². The van der Waals surface area contributed by atoms with Gasteiger partial charge in [0.2, 0.25) is 0 Å². The van der Waals surface area contributed by atoms with Gasteiger partial charge in [0, 0.05) is 29.5 Å². The molecule has 1 fully saturated rings. The fraction of sp³-hybridized carbons (Fsp3) is 0.600. The Hall–Kier alpha value is -0.440. The number of ether oxygens (including phenoxy) is 2. The van der Waals surface area contributed by atoms with Gasteiger partial charge in [0.1, 0.15) is 5.75 Å². The van der Waals surface area contributed by atoms with Gasteiger partial charge in [-0.15, -0.1) is 11.6 Å². The van der Waals surface area contributed by atoms with Crippen molar-refractivity contribution in [1.82, 2.24) is 0 Å². The van der Waals surface area contributed by atoms with E-state index in [1.807, 2.05) is 12.1 Å². The van der Waals surface area contributed by atoms with Crippen LogP contribution in [0.4, 0.5) is 0 Å². The first kappa shape index (κ1) is 13.5. The van der Waals surface area contributed by atoms with Crippen molar-refractivity contribution in [1.29, 1.82) is 0 Å². The lowest BCUT2D eigenvalue weighted by Crippen LogP contribution is -2.19. The van der Waals surface area contributed by atoms with Gasteiger partial charge < -0.3 is 9.47 Å². The lowest BCUT2D eigenvalue weighted by molar-refractivity contribution is 0.0863. The molecule has 104 valence electrons. The Morgan fingerprint density at radius 2 is 2.21 bits per heavy atom. The van der Waals surface area contributed by atoms with Gasteiger partial charge in [0.15, 0.2) is 0 Å². The Balaban J connectivity index is 1.93. The fourth-order valence-corrected chi connectivity index (χ4v) is 3.85. The molecule has 2 aliphatic heterocycles. The van der Waals surface area contributed by atoms with E-state index in [9.17, 15) is 0 Å². The maximum atomic E-state index is 6.72. The van der Waals surface area contributed by atoms with Crippen LogP contribution in [0.3, 0.4) is 0 Å². The molecule has 2 nitrogen and oxygen atoms in total. The van der Waals surface area contributed by atoms with E-state index in [2.05, 4.69) is 6.92 Å². The van der Waals surface area contributed by atoms with Crippen LogP contribution in [-0.2, 0) is 11.2 Å². The van der Waals surface area contributed by atoms with Crippen molar-refractivity contribution < 1.29 is 9.47 Å². The highest BCUT2D eigenvalue weighted by atomic mass is 35.5. The third kappa shape index (κ3) is 2.46. The minimum atomic E-state index is -0.0852. The number of fused-ring (bicyclic) bond motifs is 1. The summed E-state index contributed by atoms with van der Waals surface area (Å²) in [4.78, 5) is 0. The Morgan fingerprint density at radius 1 is 1.37 bits per heavy atom. The van der Waals surface area contributed by atoms with E-state index in [-0.39, 0.29) is 11.5 Å². The molecule has 0 spiro atoms. The van der Waals surface area contributed by atoms with Gasteiger partial charge in [0.25, 0.3) is 0 Å². The number of rotatable bonds is 3. The summed E-state index contributed by atoms with van der Waals surface area (Å²) in [6.07, 6.45) is 3.18. The summed E-state index contributed by atoms with van der Waals surface area (Å²) in [5, 5.41) is 0.662. The van der Waals surface area contributed by atoms with Crippen molar-refractivity contribution in [2.75, 3.05) is 13.2 Å². The lowest BCUT2D eigenvalue weighted by Gasteiger charge is -2.24. The van der Waals surface area contributed by atoms with E-state index in [1.165, 1.54) is 5.56 Å². The average molecular weight is 301 g/mol. The zero-order valence-corrected chi connectivity index (χ0v) is 12.5. The Morgan fingerprint density at radius 3 is 3.00 bits per heavy atom. The van der Waals surface area contributed by atoms with Crippen LogP contribution >= 0.6 is 23.2 Å². The molecule has 19 heavy (non-hydrogen) atoms. The number of hydrogen-bond acceptors (Lipinski definition) is 2. The van der Waals surface area contributed by atoms with E-state index in [0.717, 1.165) is 48.8 Å². The Kier molecular flexibility index (Phi) is 3.93. The van der Waals surface area contributed by atoms with Crippen molar-refractivity contribution in [3.8, 4) is 5.75 Å². The predicted octanol–water partition coefficient (Wildman–Crippen LogP) is 4.37. The zero-order valence-electron chi connectivity index (χ0n) is 11.0. The van der Waals surface area contributed by atoms with Crippen LogP contribution in [0.5, 0.6) is 5.75 Å². The van der Waals surface area contributed by atoms with Crippen molar-refractivity contribution in [3.63, 3.8) is 0 Å². The van der Waals surface area contributed by atoms with E-state index in [1.54, 1.807) is 0 Å². The second kappa shape index (κ2) is 5.51. The predicted molar refractivity (Wildman–Crippen MR) is 77.4 cm³/mol. The number of hydrogen-bond donors (Lipinski definition) is 0. The van der Waals surface area contributed by atoms with Gasteiger partial charge in [-0.3, -0.25) is 0 Å². The normalized spacial score (nSPS) is 27.1. The van der Waals surface area contributed by atoms with Crippen LogP contribution in [0.15, 0.2) is 12.1 Å². The van der Waals surface area contributed by atoms with Crippen LogP contribution < -0.4 is 4.74 Å². The third-order valence-corrected chi connectivity index (χ3v) is 4.89. The average Bonchev–Trinajstić information content (AvgIpc) is 3.04. The molecule has 1 aromatic rings. The minimum absolute atomic E-state index is 0.0852. The summed E-state index contributed by atoms with van der Waals surface area (Å²) in [5.74, 6) is 1.30. The van der Waals surface area contributed by atoms with Crippen LogP contribution in [0, 0.1) is 5.92 Å². The minimum Gasteiger partial charge on any atom is -0.493 e. The zero-order chi connectivity index (χ0) is 13.4. The molecule has 3 unspecified atom stereocenters.